The monoisotopic (exact) mass is 244 g/mol. The van der Waals surface area contributed by atoms with Crippen LogP contribution in [0.2, 0.25) is 0 Å². The molecule has 0 aromatic rings. The van der Waals surface area contributed by atoms with Crippen molar-refractivity contribution in [1.29, 1.82) is 0 Å². The fourth-order valence-corrected chi connectivity index (χ4v) is 1.97. The Balaban J connectivity index is 2.45. The lowest BCUT2D eigenvalue weighted by Gasteiger charge is -2.37. The molecule has 1 aliphatic rings. The first-order chi connectivity index (χ1) is 7.83. The number of methoxy groups -OCH3 is 2. The Kier molecular flexibility index (Phi) is 4.55. The van der Waals surface area contributed by atoms with Gasteiger partial charge in [0.05, 0.1) is 5.41 Å². The maximum Gasteiger partial charge on any atom is 0.311 e. The van der Waals surface area contributed by atoms with Gasteiger partial charge in [-0.1, -0.05) is 0 Å². The summed E-state index contributed by atoms with van der Waals surface area (Å²) in [7, 11) is 3.32. The van der Waals surface area contributed by atoms with E-state index in [4.69, 9.17) is 14.2 Å². The van der Waals surface area contributed by atoms with Crippen molar-refractivity contribution in [2.45, 2.75) is 58.3 Å². The molecule has 100 valence electrons. The molecule has 0 N–H and O–H groups in total. The first-order valence-electron chi connectivity index (χ1n) is 6.14. The van der Waals surface area contributed by atoms with Gasteiger partial charge in [-0.3, -0.25) is 4.79 Å². The molecule has 1 rings (SSSR count). The second-order valence-corrected chi connectivity index (χ2v) is 5.67. The summed E-state index contributed by atoms with van der Waals surface area (Å²) in [6.07, 6.45) is 3.12. The molecule has 1 fully saturated rings. The van der Waals surface area contributed by atoms with Crippen molar-refractivity contribution >= 4 is 5.97 Å². The van der Waals surface area contributed by atoms with Crippen LogP contribution in [0.25, 0.3) is 0 Å². The predicted molar refractivity (Wildman–Crippen MR) is 64.6 cm³/mol. The van der Waals surface area contributed by atoms with Gasteiger partial charge in [0.1, 0.15) is 6.10 Å². The number of hydrogen-bond donors (Lipinski definition) is 0. The SMILES string of the molecule is COC1(OC)CCC(OC(=O)C(C)(C)C)CC1. The van der Waals surface area contributed by atoms with Crippen LogP contribution in [0.5, 0.6) is 0 Å². The standard InChI is InChI=1S/C13H24O4/c1-12(2,3)11(14)17-10-6-8-13(15-4,16-5)9-7-10/h10H,6-9H2,1-5H3. The van der Waals surface area contributed by atoms with Crippen molar-refractivity contribution in [3.05, 3.63) is 0 Å². The van der Waals surface area contributed by atoms with E-state index in [1.807, 2.05) is 20.8 Å². The zero-order valence-electron chi connectivity index (χ0n) is 11.5. The Morgan fingerprint density at radius 3 is 1.94 bits per heavy atom. The van der Waals surface area contributed by atoms with Gasteiger partial charge >= 0.3 is 5.97 Å². The van der Waals surface area contributed by atoms with Crippen LogP contribution in [0.15, 0.2) is 0 Å². The lowest BCUT2D eigenvalue weighted by atomic mass is 9.91. The molecule has 0 amide bonds. The summed E-state index contributed by atoms with van der Waals surface area (Å²) in [5.41, 5.74) is -0.433. The number of carbonyl (C=O) groups is 1. The second-order valence-electron chi connectivity index (χ2n) is 5.67. The molecule has 1 aliphatic carbocycles. The van der Waals surface area contributed by atoms with Gasteiger partial charge in [0.25, 0.3) is 0 Å². The highest BCUT2D eigenvalue weighted by molar-refractivity contribution is 5.75. The molecule has 0 bridgehead atoms. The molecule has 0 heterocycles. The molecule has 0 aliphatic heterocycles. The fraction of sp³-hybridized carbons (Fsp3) is 0.923. The van der Waals surface area contributed by atoms with E-state index in [2.05, 4.69) is 0 Å². The van der Waals surface area contributed by atoms with E-state index < -0.39 is 11.2 Å². The van der Waals surface area contributed by atoms with Crippen molar-refractivity contribution in [3.63, 3.8) is 0 Å². The van der Waals surface area contributed by atoms with Crippen LogP contribution in [0.3, 0.4) is 0 Å². The number of ether oxygens (including phenoxy) is 3. The molecule has 17 heavy (non-hydrogen) atoms. The summed E-state index contributed by atoms with van der Waals surface area (Å²) in [6.45, 7) is 5.60. The number of carbonyl (C=O) groups excluding carboxylic acids is 1. The minimum Gasteiger partial charge on any atom is -0.462 e. The highest BCUT2D eigenvalue weighted by Crippen LogP contribution is 2.33. The van der Waals surface area contributed by atoms with E-state index in [-0.39, 0.29) is 12.1 Å². The van der Waals surface area contributed by atoms with Gasteiger partial charge in [0.2, 0.25) is 0 Å². The smallest absolute Gasteiger partial charge is 0.311 e. The third-order valence-electron chi connectivity index (χ3n) is 3.32. The minimum atomic E-state index is -0.482. The van der Waals surface area contributed by atoms with Gasteiger partial charge < -0.3 is 14.2 Å². The van der Waals surface area contributed by atoms with Gasteiger partial charge in [0.15, 0.2) is 5.79 Å². The summed E-state index contributed by atoms with van der Waals surface area (Å²) in [5.74, 6) is -0.616. The van der Waals surface area contributed by atoms with Gasteiger partial charge in [-0.15, -0.1) is 0 Å². The summed E-state index contributed by atoms with van der Waals surface area (Å²) in [5, 5.41) is 0. The van der Waals surface area contributed by atoms with E-state index in [1.54, 1.807) is 14.2 Å². The van der Waals surface area contributed by atoms with Crippen molar-refractivity contribution in [3.8, 4) is 0 Å². The Bertz CT molecular complexity index is 253. The van der Waals surface area contributed by atoms with Gasteiger partial charge in [0, 0.05) is 27.1 Å². The van der Waals surface area contributed by atoms with E-state index in [0.717, 1.165) is 25.7 Å². The van der Waals surface area contributed by atoms with E-state index in [0.29, 0.717) is 0 Å². The van der Waals surface area contributed by atoms with E-state index in [1.165, 1.54) is 0 Å². The maximum absolute atomic E-state index is 11.7. The zero-order chi connectivity index (χ0) is 13.1. The third kappa shape index (κ3) is 3.68. The third-order valence-corrected chi connectivity index (χ3v) is 3.32. The Morgan fingerprint density at radius 2 is 1.59 bits per heavy atom. The van der Waals surface area contributed by atoms with Crippen LogP contribution < -0.4 is 0 Å². The summed E-state index contributed by atoms with van der Waals surface area (Å²) >= 11 is 0. The average molecular weight is 244 g/mol. The molecule has 0 unspecified atom stereocenters. The topological polar surface area (TPSA) is 44.8 Å². The van der Waals surface area contributed by atoms with E-state index in [9.17, 15) is 4.79 Å². The van der Waals surface area contributed by atoms with Gasteiger partial charge in [-0.25, -0.2) is 0 Å². The average Bonchev–Trinajstić information content (AvgIpc) is 2.29. The molecule has 1 saturated carbocycles. The zero-order valence-corrected chi connectivity index (χ0v) is 11.5. The van der Waals surface area contributed by atoms with Crippen LogP contribution in [-0.4, -0.2) is 32.1 Å². The number of hydrogen-bond acceptors (Lipinski definition) is 4. The van der Waals surface area contributed by atoms with E-state index >= 15 is 0 Å². The largest absolute Gasteiger partial charge is 0.462 e. The summed E-state index contributed by atoms with van der Waals surface area (Å²) in [4.78, 5) is 11.7. The lowest BCUT2D eigenvalue weighted by Crippen LogP contribution is -2.41. The molecule has 0 atom stereocenters. The molecule has 0 aromatic heterocycles. The summed E-state index contributed by atoms with van der Waals surface area (Å²) in [6, 6.07) is 0. The molecule has 4 nitrogen and oxygen atoms in total. The van der Waals surface area contributed by atoms with Crippen LogP contribution in [-0.2, 0) is 19.0 Å². The van der Waals surface area contributed by atoms with Crippen LogP contribution >= 0.6 is 0 Å². The van der Waals surface area contributed by atoms with Crippen molar-refractivity contribution in [2.75, 3.05) is 14.2 Å². The number of esters is 1. The lowest BCUT2D eigenvalue weighted by molar-refractivity contribution is -0.234. The van der Waals surface area contributed by atoms with Crippen molar-refractivity contribution in [2.24, 2.45) is 5.41 Å². The molecule has 0 saturated heterocycles. The van der Waals surface area contributed by atoms with Crippen LogP contribution in [0.4, 0.5) is 0 Å². The first-order valence-corrected chi connectivity index (χ1v) is 6.14. The Morgan fingerprint density at radius 1 is 1.12 bits per heavy atom. The highest BCUT2D eigenvalue weighted by atomic mass is 16.7. The highest BCUT2D eigenvalue weighted by Gasteiger charge is 2.37. The second kappa shape index (κ2) is 5.36. The van der Waals surface area contributed by atoms with Crippen LogP contribution in [0, 0.1) is 5.41 Å². The van der Waals surface area contributed by atoms with Gasteiger partial charge in [-0.2, -0.15) is 0 Å². The molecule has 0 spiro atoms. The molecular weight excluding hydrogens is 220 g/mol. The predicted octanol–water partition coefficient (Wildman–Crippen LogP) is 2.51. The maximum atomic E-state index is 11.7. The van der Waals surface area contributed by atoms with Crippen molar-refractivity contribution in [1.82, 2.24) is 0 Å². The number of rotatable bonds is 3. The van der Waals surface area contributed by atoms with Gasteiger partial charge in [-0.05, 0) is 33.6 Å². The molecule has 0 aromatic carbocycles. The van der Waals surface area contributed by atoms with Crippen molar-refractivity contribution < 1.29 is 19.0 Å². The Labute approximate surface area is 104 Å². The normalized spacial score (nSPS) is 21.2. The first kappa shape index (κ1) is 14.5. The van der Waals surface area contributed by atoms with Crippen LogP contribution in [0.1, 0.15) is 46.5 Å². The molecule has 4 heteroatoms. The minimum absolute atomic E-state index is 0.000139. The summed E-state index contributed by atoms with van der Waals surface area (Å²) < 4.78 is 16.3. The molecule has 0 radical (unpaired) electrons. The Hall–Kier alpha value is -0.610. The fourth-order valence-electron chi connectivity index (χ4n) is 1.97. The molecular formula is C13H24O4. The quantitative estimate of drug-likeness (QED) is 0.565.